The first-order valence-corrected chi connectivity index (χ1v) is 11.4. The monoisotopic (exact) mass is 465 g/mol. The van der Waals surface area contributed by atoms with Crippen LogP contribution in [0.3, 0.4) is 0 Å². The number of nitrogens with one attached hydrogen (secondary N) is 1. The molecule has 4 rings (SSSR count). The summed E-state index contributed by atoms with van der Waals surface area (Å²) >= 11 is 0. The van der Waals surface area contributed by atoms with E-state index in [1.54, 1.807) is 50.5 Å². The minimum Gasteiger partial charge on any atom is -0.436 e. The van der Waals surface area contributed by atoms with E-state index in [2.05, 4.69) is 16.3 Å². The fraction of sp³-hybridized carbons (Fsp3) is 0.0833. The summed E-state index contributed by atoms with van der Waals surface area (Å²) < 4.78 is 48.1. The van der Waals surface area contributed by atoms with Gasteiger partial charge in [0.25, 0.3) is 21.5 Å². The molecule has 0 aliphatic heterocycles. The molecule has 33 heavy (non-hydrogen) atoms. The second kappa shape index (κ2) is 8.51. The lowest BCUT2D eigenvalue weighted by Gasteiger charge is -2.16. The summed E-state index contributed by atoms with van der Waals surface area (Å²) in [6.45, 7) is 5.01. The van der Waals surface area contributed by atoms with E-state index in [0.29, 0.717) is 27.5 Å². The largest absolute Gasteiger partial charge is 0.436 e. The summed E-state index contributed by atoms with van der Waals surface area (Å²) in [5.74, 6) is -0.631. The van der Waals surface area contributed by atoms with Crippen LogP contribution in [0.25, 0.3) is 21.9 Å². The van der Waals surface area contributed by atoms with E-state index in [4.69, 9.17) is 4.74 Å². The molecule has 0 fully saturated rings. The first-order chi connectivity index (χ1) is 15.7. The SMILES string of the molecule is C=CS(=O)(=O)Nc1ccc(Oc2ncc(C)cc2F)c(-c2cn(C)c(=O)c3ccccc23)c1. The summed E-state index contributed by atoms with van der Waals surface area (Å²) in [6, 6.07) is 12.9. The van der Waals surface area contributed by atoms with Crippen LogP contribution in [0.2, 0.25) is 0 Å². The molecule has 0 aliphatic carbocycles. The molecule has 0 aliphatic rings. The van der Waals surface area contributed by atoms with Crippen molar-refractivity contribution in [1.29, 1.82) is 0 Å². The van der Waals surface area contributed by atoms with E-state index in [-0.39, 0.29) is 22.9 Å². The van der Waals surface area contributed by atoms with Crippen LogP contribution in [0, 0.1) is 12.7 Å². The highest BCUT2D eigenvalue weighted by Crippen LogP contribution is 2.38. The average Bonchev–Trinajstić information content (AvgIpc) is 2.79. The minimum absolute atomic E-state index is 0.188. The molecule has 0 amide bonds. The molecule has 0 atom stereocenters. The van der Waals surface area contributed by atoms with Crippen molar-refractivity contribution < 1.29 is 17.5 Å². The Balaban J connectivity index is 1.96. The molecule has 4 aromatic rings. The predicted octanol–water partition coefficient (Wildman–Crippen LogP) is 4.73. The van der Waals surface area contributed by atoms with Gasteiger partial charge in [0.15, 0.2) is 5.82 Å². The number of anilines is 1. The van der Waals surface area contributed by atoms with E-state index in [1.807, 2.05) is 0 Å². The first-order valence-electron chi connectivity index (χ1n) is 9.86. The van der Waals surface area contributed by atoms with Crippen LogP contribution in [0.4, 0.5) is 10.1 Å². The maximum atomic E-state index is 14.5. The highest BCUT2D eigenvalue weighted by molar-refractivity contribution is 7.95. The molecule has 0 saturated carbocycles. The van der Waals surface area contributed by atoms with Gasteiger partial charge in [-0.2, -0.15) is 0 Å². The van der Waals surface area contributed by atoms with Crippen LogP contribution in [0.15, 0.2) is 77.7 Å². The standard InChI is InChI=1S/C24H20FN3O4S/c1-4-33(30,31)27-16-9-10-22(32-23-21(25)11-15(2)13-26-23)19(12-16)20-14-28(3)24(29)18-8-6-5-7-17(18)20/h4-14,27H,1H2,2-3H3. The van der Waals surface area contributed by atoms with E-state index >= 15 is 0 Å². The quantitative estimate of drug-likeness (QED) is 0.445. The molecule has 168 valence electrons. The molecule has 1 N–H and O–H groups in total. The smallest absolute Gasteiger partial charge is 0.258 e. The number of rotatable bonds is 6. The van der Waals surface area contributed by atoms with Crippen LogP contribution in [-0.2, 0) is 17.1 Å². The Bertz CT molecular complexity index is 1560. The molecule has 7 nitrogen and oxygen atoms in total. The van der Waals surface area contributed by atoms with Gasteiger partial charge >= 0.3 is 0 Å². The van der Waals surface area contributed by atoms with Gasteiger partial charge in [0.1, 0.15) is 5.75 Å². The fourth-order valence-corrected chi connectivity index (χ4v) is 3.97. The van der Waals surface area contributed by atoms with E-state index in [9.17, 15) is 17.6 Å². The molecule has 0 spiro atoms. The van der Waals surface area contributed by atoms with Gasteiger partial charge in [-0.1, -0.05) is 24.8 Å². The lowest BCUT2D eigenvalue weighted by Crippen LogP contribution is -2.16. The van der Waals surface area contributed by atoms with Gasteiger partial charge in [0, 0.05) is 47.0 Å². The number of hydrogen-bond acceptors (Lipinski definition) is 5. The highest BCUT2D eigenvalue weighted by Gasteiger charge is 2.17. The number of fused-ring (bicyclic) bond motifs is 1. The fourth-order valence-electron chi connectivity index (χ4n) is 3.43. The highest BCUT2D eigenvalue weighted by atomic mass is 32.2. The Morgan fingerprint density at radius 2 is 1.85 bits per heavy atom. The van der Waals surface area contributed by atoms with Crippen LogP contribution in [-0.4, -0.2) is 18.0 Å². The molecule has 0 bridgehead atoms. The average molecular weight is 466 g/mol. The molecule has 0 unspecified atom stereocenters. The van der Waals surface area contributed by atoms with Crippen molar-refractivity contribution in [3.8, 4) is 22.8 Å². The number of pyridine rings is 2. The summed E-state index contributed by atoms with van der Waals surface area (Å²) in [5, 5.41) is 1.90. The van der Waals surface area contributed by atoms with E-state index in [1.165, 1.54) is 29.0 Å². The third-order valence-corrected chi connectivity index (χ3v) is 5.95. The number of nitrogens with zero attached hydrogens (tertiary/aromatic N) is 2. The summed E-state index contributed by atoms with van der Waals surface area (Å²) in [4.78, 5) is 16.6. The Morgan fingerprint density at radius 3 is 2.55 bits per heavy atom. The molecular formula is C24H20FN3O4S. The second-order valence-electron chi connectivity index (χ2n) is 7.43. The molecule has 2 aromatic heterocycles. The number of hydrogen-bond donors (Lipinski definition) is 1. The van der Waals surface area contributed by atoms with Crippen molar-refractivity contribution in [1.82, 2.24) is 9.55 Å². The summed E-state index contributed by atoms with van der Waals surface area (Å²) in [5.41, 5.74) is 1.72. The third kappa shape index (κ3) is 4.49. The van der Waals surface area contributed by atoms with Gasteiger partial charge in [-0.25, -0.2) is 17.8 Å². The third-order valence-electron chi connectivity index (χ3n) is 4.99. The number of ether oxygens (including phenoxy) is 1. The Labute approximate surface area is 189 Å². The number of halogens is 1. The molecule has 0 radical (unpaired) electrons. The molecule has 2 heterocycles. The van der Waals surface area contributed by atoms with E-state index < -0.39 is 15.8 Å². The molecular weight excluding hydrogens is 445 g/mol. The van der Waals surface area contributed by atoms with Gasteiger partial charge in [0.2, 0.25) is 0 Å². The predicted molar refractivity (Wildman–Crippen MR) is 126 cm³/mol. The van der Waals surface area contributed by atoms with Crippen molar-refractivity contribution >= 4 is 26.5 Å². The van der Waals surface area contributed by atoms with Crippen molar-refractivity contribution in [2.45, 2.75) is 6.92 Å². The van der Waals surface area contributed by atoms with Gasteiger partial charge in [-0.05, 0) is 48.2 Å². The van der Waals surface area contributed by atoms with Crippen molar-refractivity contribution in [2.24, 2.45) is 7.05 Å². The maximum Gasteiger partial charge on any atom is 0.258 e. The van der Waals surface area contributed by atoms with E-state index in [0.717, 1.165) is 5.41 Å². The van der Waals surface area contributed by atoms with Gasteiger partial charge in [0.05, 0.1) is 0 Å². The first kappa shape index (κ1) is 22.2. The van der Waals surface area contributed by atoms with Crippen LogP contribution < -0.4 is 15.0 Å². The normalized spacial score (nSPS) is 11.4. The summed E-state index contributed by atoms with van der Waals surface area (Å²) in [6.07, 6.45) is 3.10. The molecule has 9 heteroatoms. The zero-order chi connectivity index (χ0) is 23.8. The van der Waals surface area contributed by atoms with Crippen molar-refractivity contribution in [2.75, 3.05) is 4.72 Å². The number of aryl methyl sites for hydroxylation is 2. The lowest BCUT2D eigenvalue weighted by molar-refractivity contribution is 0.423. The Hall–Kier alpha value is -3.98. The molecule has 2 aromatic carbocycles. The van der Waals surface area contributed by atoms with Gasteiger partial charge < -0.3 is 9.30 Å². The van der Waals surface area contributed by atoms with Gasteiger partial charge in [-0.3, -0.25) is 9.52 Å². The summed E-state index contributed by atoms with van der Waals surface area (Å²) in [7, 11) is -2.15. The second-order valence-corrected chi connectivity index (χ2v) is 9.06. The van der Waals surface area contributed by atoms with Crippen molar-refractivity contribution in [3.63, 3.8) is 0 Å². The topological polar surface area (TPSA) is 90.3 Å². The Kier molecular flexibility index (Phi) is 5.73. The minimum atomic E-state index is -3.77. The van der Waals surface area contributed by atoms with Crippen LogP contribution in [0.5, 0.6) is 11.6 Å². The Morgan fingerprint density at radius 1 is 1.12 bits per heavy atom. The zero-order valence-corrected chi connectivity index (χ0v) is 18.7. The number of aromatic nitrogens is 2. The number of benzene rings is 2. The number of sulfonamides is 1. The maximum absolute atomic E-state index is 14.5. The van der Waals surface area contributed by atoms with Crippen LogP contribution in [0.1, 0.15) is 5.56 Å². The van der Waals surface area contributed by atoms with Crippen molar-refractivity contribution in [3.05, 3.63) is 94.6 Å². The van der Waals surface area contributed by atoms with Crippen LogP contribution >= 0.6 is 0 Å². The lowest BCUT2D eigenvalue weighted by atomic mass is 9.99. The zero-order valence-electron chi connectivity index (χ0n) is 17.9. The van der Waals surface area contributed by atoms with Gasteiger partial charge in [-0.15, -0.1) is 0 Å². The molecule has 0 saturated heterocycles.